The third-order valence-corrected chi connectivity index (χ3v) is 6.03. The maximum Gasteiger partial charge on any atom is 0.407 e. The summed E-state index contributed by atoms with van der Waals surface area (Å²) in [5.41, 5.74) is 1.71. The summed E-state index contributed by atoms with van der Waals surface area (Å²) in [7, 11) is 0. The molecule has 0 aromatic carbocycles. The minimum atomic E-state index is -0.786. The van der Waals surface area contributed by atoms with Crippen LogP contribution in [0.4, 0.5) is 4.79 Å². The van der Waals surface area contributed by atoms with Crippen LogP contribution in [0.2, 0.25) is 0 Å². The Morgan fingerprint density at radius 3 is 2.46 bits per heavy atom. The normalized spacial score (nSPS) is 39.4. The van der Waals surface area contributed by atoms with Gasteiger partial charge in [-0.1, -0.05) is 24.5 Å². The van der Waals surface area contributed by atoms with Gasteiger partial charge in [-0.2, -0.15) is 0 Å². The van der Waals surface area contributed by atoms with Crippen LogP contribution in [-0.2, 0) is 9.47 Å². The number of epoxide rings is 2. The molecule has 1 saturated carbocycles. The first-order chi connectivity index (χ1) is 11.4. The Balaban J connectivity index is 0.000000203. The largest absolute Gasteiger partial charge is 0.465 e. The monoisotopic (exact) mass is 337 g/mol. The van der Waals surface area contributed by atoms with Crippen LogP contribution >= 0.6 is 0 Å². The minimum Gasteiger partial charge on any atom is -0.465 e. The Hall–Kier alpha value is -1.07. The zero-order chi connectivity index (χ0) is 17.4. The summed E-state index contributed by atoms with van der Waals surface area (Å²) >= 11 is 0. The second-order valence-corrected chi connectivity index (χ2v) is 8.08. The maximum absolute atomic E-state index is 9.91. The molecule has 5 heteroatoms. The van der Waals surface area contributed by atoms with E-state index in [2.05, 4.69) is 26.8 Å². The Morgan fingerprint density at radius 2 is 2.00 bits per heavy atom. The van der Waals surface area contributed by atoms with Crippen molar-refractivity contribution in [3.63, 3.8) is 0 Å². The molecule has 0 aromatic heterocycles. The summed E-state index contributed by atoms with van der Waals surface area (Å²) in [5.74, 6) is 0.638. The highest BCUT2D eigenvalue weighted by molar-refractivity contribution is 5.65. The summed E-state index contributed by atoms with van der Waals surface area (Å²) in [6.45, 7) is 9.06. The van der Waals surface area contributed by atoms with E-state index in [0.717, 1.165) is 32.5 Å². The lowest BCUT2D eigenvalue weighted by Crippen LogP contribution is -2.40. The van der Waals surface area contributed by atoms with Crippen molar-refractivity contribution in [3.8, 4) is 0 Å². The molecule has 5 nitrogen and oxygen atoms in total. The van der Waals surface area contributed by atoms with Gasteiger partial charge in [-0.25, -0.2) is 4.79 Å². The lowest BCUT2D eigenvalue weighted by Gasteiger charge is -2.32. The summed E-state index contributed by atoms with van der Waals surface area (Å²) < 4.78 is 11.8. The molecule has 0 radical (unpaired) electrons. The van der Waals surface area contributed by atoms with Crippen molar-refractivity contribution in [1.29, 1.82) is 0 Å². The Morgan fingerprint density at radius 1 is 1.29 bits per heavy atom. The van der Waals surface area contributed by atoms with Crippen LogP contribution in [0.25, 0.3) is 0 Å². The first-order valence-corrected chi connectivity index (χ1v) is 9.30. The highest BCUT2D eigenvalue weighted by atomic mass is 16.6. The average molecular weight is 337 g/mol. The maximum atomic E-state index is 9.91. The van der Waals surface area contributed by atoms with E-state index in [1.165, 1.54) is 36.2 Å². The van der Waals surface area contributed by atoms with Crippen molar-refractivity contribution < 1.29 is 19.4 Å². The third-order valence-electron chi connectivity index (χ3n) is 6.03. The highest BCUT2D eigenvalue weighted by Crippen LogP contribution is 2.58. The highest BCUT2D eigenvalue weighted by Gasteiger charge is 2.67. The fourth-order valence-electron chi connectivity index (χ4n) is 4.17. The summed E-state index contributed by atoms with van der Waals surface area (Å²) in [5, 5.41) is 8.16. The predicted molar refractivity (Wildman–Crippen MR) is 92.2 cm³/mol. The minimum absolute atomic E-state index is 0.100. The molecule has 24 heavy (non-hydrogen) atoms. The third kappa shape index (κ3) is 3.62. The topological polar surface area (TPSA) is 65.6 Å². The number of amides is 1. The number of nitrogens with zero attached hydrogens (tertiary/aromatic N) is 1. The molecule has 3 aliphatic heterocycles. The Bertz CT molecular complexity index is 505. The van der Waals surface area contributed by atoms with E-state index < -0.39 is 6.09 Å². The van der Waals surface area contributed by atoms with Crippen LogP contribution in [0.5, 0.6) is 0 Å². The van der Waals surface area contributed by atoms with Gasteiger partial charge in [-0.05, 0) is 46.5 Å². The smallest absolute Gasteiger partial charge is 0.407 e. The lowest BCUT2D eigenvalue weighted by molar-refractivity contribution is 0.0886. The number of allylic oxidation sites excluding steroid dienone is 1. The summed E-state index contributed by atoms with van der Waals surface area (Å²) in [4.78, 5) is 11.3. The van der Waals surface area contributed by atoms with Crippen LogP contribution in [0, 0.1) is 5.92 Å². The van der Waals surface area contributed by atoms with E-state index in [9.17, 15) is 4.79 Å². The van der Waals surface area contributed by atoms with Gasteiger partial charge in [0.1, 0.15) is 0 Å². The van der Waals surface area contributed by atoms with E-state index in [1.54, 1.807) is 0 Å². The van der Waals surface area contributed by atoms with Gasteiger partial charge in [0.05, 0.1) is 23.9 Å². The number of hydrogen-bond donors (Lipinski definition) is 1. The van der Waals surface area contributed by atoms with Crippen molar-refractivity contribution in [2.45, 2.75) is 76.6 Å². The van der Waals surface area contributed by atoms with Crippen molar-refractivity contribution in [2.75, 3.05) is 19.7 Å². The van der Waals surface area contributed by atoms with Crippen LogP contribution < -0.4 is 0 Å². The Kier molecular flexibility index (Phi) is 4.94. The molecule has 1 amide bonds. The number of ether oxygens (including phenoxy) is 2. The molecule has 4 atom stereocenters. The quantitative estimate of drug-likeness (QED) is 0.628. The number of carbonyl (C=O) groups is 1. The van der Waals surface area contributed by atoms with Gasteiger partial charge >= 0.3 is 6.09 Å². The molecule has 1 N–H and O–H groups in total. The van der Waals surface area contributed by atoms with E-state index in [-0.39, 0.29) is 11.2 Å². The van der Waals surface area contributed by atoms with Gasteiger partial charge in [0.15, 0.2) is 0 Å². The van der Waals surface area contributed by atoms with Gasteiger partial charge in [-0.15, -0.1) is 0 Å². The van der Waals surface area contributed by atoms with E-state index in [1.807, 2.05) is 0 Å². The second-order valence-electron chi connectivity index (χ2n) is 8.08. The SMILES string of the molecule is CC(C)=CCC1OC1(C)C1CCCCC12CO2.O=C(O)N1CCC1. The number of carboxylic acid groups (broad SMARTS) is 1. The molecule has 4 rings (SSSR count). The van der Waals surface area contributed by atoms with Crippen molar-refractivity contribution in [2.24, 2.45) is 5.92 Å². The molecule has 136 valence electrons. The number of hydrogen-bond acceptors (Lipinski definition) is 3. The fraction of sp³-hybridized carbons (Fsp3) is 0.842. The fourth-order valence-corrected chi connectivity index (χ4v) is 4.17. The second kappa shape index (κ2) is 6.68. The zero-order valence-corrected chi connectivity index (χ0v) is 15.2. The first kappa shape index (κ1) is 17.7. The van der Waals surface area contributed by atoms with Crippen LogP contribution in [0.1, 0.15) is 59.3 Å². The molecule has 4 unspecified atom stereocenters. The van der Waals surface area contributed by atoms with Gasteiger partial charge in [0.2, 0.25) is 0 Å². The van der Waals surface area contributed by atoms with Crippen molar-refractivity contribution >= 4 is 6.09 Å². The average Bonchev–Trinajstić information content (AvgIpc) is 3.35. The molecule has 1 spiro atoms. The molecule has 3 saturated heterocycles. The van der Waals surface area contributed by atoms with Gasteiger partial charge < -0.3 is 19.5 Å². The molecule has 0 bridgehead atoms. The van der Waals surface area contributed by atoms with Gasteiger partial charge in [-0.3, -0.25) is 0 Å². The Labute approximate surface area is 145 Å². The first-order valence-electron chi connectivity index (χ1n) is 9.30. The van der Waals surface area contributed by atoms with E-state index >= 15 is 0 Å². The van der Waals surface area contributed by atoms with Crippen molar-refractivity contribution in [3.05, 3.63) is 11.6 Å². The predicted octanol–water partition coefficient (Wildman–Crippen LogP) is 3.83. The standard InChI is InChI=1S/C15H24O2.C4H7NO2/c1-11(2)7-8-13-14(3,17-13)12-6-4-5-9-15(12)10-16-15;6-4(7)5-2-1-3-5/h7,12-13H,4-6,8-10H2,1-3H3;1-3H2,(H,6,7). The lowest BCUT2D eigenvalue weighted by atomic mass is 9.71. The van der Waals surface area contributed by atoms with Gasteiger partial charge in [0, 0.05) is 19.0 Å². The molecular formula is C19H31NO4. The van der Waals surface area contributed by atoms with Crippen LogP contribution in [-0.4, -0.2) is 53.1 Å². The summed E-state index contributed by atoms with van der Waals surface area (Å²) in [6.07, 6.45) is 9.30. The molecule has 4 aliphatic rings. The van der Waals surface area contributed by atoms with E-state index in [0.29, 0.717) is 12.0 Å². The van der Waals surface area contributed by atoms with Gasteiger partial charge in [0.25, 0.3) is 0 Å². The zero-order valence-electron chi connectivity index (χ0n) is 15.2. The number of rotatable bonds is 3. The summed E-state index contributed by atoms with van der Waals surface area (Å²) in [6, 6.07) is 0. The molecule has 3 heterocycles. The van der Waals surface area contributed by atoms with E-state index in [4.69, 9.17) is 14.6 Å². The number of likely N-dealkylation sites (tertiary alicyclic amines) is 1. The van der Waals surface area contributed by atoms with Crippen LogP contribution in [0.3, 0.4) is 0 Å². The molecule has 4 fully saturated rings. The molecule has 0 aromatic rings. The van der Waals surface area contributed by atoms with Crippen LogP contribution in [0.15, 0.2) is 11.6 Å². The van der Waals surface area contributed by atoms with Crippen molar-refractivity contribution in [1.82, 2.24) is 4.90 Å². The molecule has 1 aliphatic carbocycles. The molecular weight excluding hydrogens is 306 g/mol.